The molecule has 0 saturated carbocycles. The second-order valence-electron chi connectivity index (χ2n) is 22.2. The fraction of sp³-hybridized carbons (Fsp3) is 0.492. The molecule has 20 heteroatoms. The van der Waals surface area contributed by atoms with E-state index in [1.54, 1.807) is 69.6 Å². The summed E-state index contributed by atoms with van der Waals surface area (Å²) in [5, 5.41) is 24.6. The third-order valence-corrected chi connectivity index (χ3v) is 16.8. The van der Waals surface area contributed by atoms with Gasteiger partial charge in [-0.25, -0.2) is 0 Å². The zero-order valence-corrected chi connectivity index (χ0v) is 49.8. The number of benzene rings is 4. The zero-order chi connectivity index (χ0) is 57.4. The van der Waals surface area contributed by atoms with Crippen LogP contribution in [0.2, 0.25) is 0 Å². The molecule has 83 heavy (non-hydrogen) atoms. The number of fused-ring (bicyclic) bond motifs is 2. The van der Waals surface area contributed by atoms with Crippen molar-refractivity contribution in [1.82, 2.24) is 52.3 Å². The van der Waals surface area contributed by atoms with E-state index < -0.39 is 60.1 Å². The van der Waals surface area contributed by atoms with Crippen molar-refractivity contribution in [2.24, 2.45) is 0 Å². The summed E-state index contributed by atoms with van der Waals surface area (Å²) in [6.07, 6.45) is 8.62. The molecule has 2 saturated heterocycles. The Bertz CT molecular complexity index is 2840. The molecule has 4 aromatic rings. The lowest BCUT2D eigenvalue weighted by molar-refractivity contribution is -0.142. The Kier molecular flexibility index (Phi) is 24.9. The molecule has 0 radical (unpaired) electrons. The van der Waals surface area contributed by atoms with Gasteiger partial charge in [-0.2, -0.15) is 0 Å². The molecule has 448 valence electrons. The molecule has 4 aliphatic rings. The maximum atomic E-state index is 15.0. The molecule has 2 heterocycles. The lowest BCUT2D eigenvalue weighted by atomic mass is 9.87. The van der Waals surface area contributed by atoms with E-state index in [-0.39, 0.29) is 111 Å². The number of nitrogens with zero attached hydrogens (tertiary/aromatic N) is 2. The summed E-state index contributed by atoms with van der Waals surface area (Å²) in [7, 11) is 3.34. The number of unbranched alkanes of at least 4 members (excludes halogenated alkanes) is 3. The summed E-state index contributed by atoms with van der Waals surface area (Å²) in [6.45, 7) is 3.70. The largest absolute Gasteiger partial charge is 0.347 e. The standard InChI is InChI=1S/C63H82N10O8.2ClH/c1-5-49(65-4)59(77)71-53(63(81)73-39-46(67-58(76)44-26-12-9-13-27-44)37-55(73)61(79)69-51-35-21-29-42-23-17-19-31-48(42)51)33-15-7-6-14-32-52(70-56(74)40(2)64-3)62(80)72-38-45(66-57(75)43-24-10-8-11-25-43)36-54(72)60(78)68-50-34-20-28-41-22-16-18-30-47(41)50;;/h8-13,16-19,22-27,30-31,40,45-46,49-55,64-65H,5-7,14-15,20-21,28-29,32-39H2,1-4H3,(H,66,75)(H,67,76)(H,68,78)(H,69,79)(H,70,74)(H,71,77);2*1H/t40-,45-,46-,49-,50?,51+,52-,53-,54-,55-;;/m0../s1. The molecule has 8 rings (SSSR count). The summed E-state index contributed by atoms with van der Waals surface area (Å²) in [6, 6.07) is 27.1. The van der Waals surface area contributed by atoms with Gasteiger partial charge < -0.3 is 52.3 Å². The van der Waals surface area contributed by atoms with Crippen LogP contribution < -0.4 is 42.5 Å². The lowest BCUT2D eigenvalue weighted by Crippen LogP contribution is -2.56. The second kappa shape index (κ2) is 31.7. The molecule has 8 amide bonds. The summed E-state index contributed by atoms with van der Waals surface area (Å²) in [4.78, 5) is 116. The number of likely N-dealkylation sites (tertiary alicyclic amines) is 2. The number of rotatable bonds is 24. The number of hydrogen-bond donors (Lipinski definition) is 8. The van der Waals surface area contributed by atoms with Gasteiger partial charge in [-0.1, -0.05) is 118 Å². The van der Waals surface area contributed by atoms with Gasteiger partial charge in [-0.15, -0.1) is 24.8 Å². The van der Waals surface area contributed by atoms with Crippen LogP contribution >= 0.6 is 24.8 Å². The third-order valence-electron chi connectivity index (χ3n) is 16.8. The molecule has 18 nitrogen and oxygen atoms in total. The van der Waals surface area contributed by atoms with Crippen molar-refractivity contribution in [1.29, 1.82) is 0 Å². The first-order valence-electron chi connectivity index (χ1n) is 29.3. The minimum atomic E-state index is -1.00. The topological polar surface area (TPSA) is 239 Å². The van der Waals surface area contributed by atoms with Crippen LogP contribution in [0, 0.1) is 0 Å². The van der Waals surface area contributed by atoms with Crippen LogP contribution in [0.5, 0.6) is 0 Å². The van der Waals surface area contributed by atoms with Crippen LogP contribution in [0.15, 0.2) is 109 Å². The van der Waals surface area contributed by atoms with Gasteiger partial charge in [0.2, 0.25) is 35.4 Å². The Morgan fingerprint density at radius 3 is 1.33 bits per heavy atom. The number of carbonyl (C=O) groups excluding carboxylic acids is 8. The maximum Gasteiger partial charge on any atom is 0.251 e. The van der Waals surface area contributed by atoms with E-state index in [0.29, 0.717) is 43.2 Å². The van der Waals surface area contributed by atoms with Gasteiger partial charge in [0.05, 0.1) is 24.2 Å². The first kappa shape index (κ1) is 65.3. The predicted molar refractivity (Wildman–Crippen MR) is 324 cm³/mol. The van der Waals surface area contributed by atoms with Crippen molar-refractivity contribution in [2.75, 3.05) is 27.2 Å². The fourth-order valence-corrected chi connectivity index (χ4v) is 12.1. The van der Waals surface area contributed by atoms with Crippen molar-refractivity contribution in [2.45, 2.75) is 171 Å². The highest BCUT2D eigenvalue weighted by atomic mass is 35.5. The van der Waals surface area contributed by atoms with E-state index in [1.165, 1.54) is 20.9 Å². The molecule has 2 aliphatic carbocycles. The normalized spacial score (nSPS) is 21.2. The number of carbonyl (C=O) groups is 8. The second-order valence-corrected chi connectivity index (χ2v) is 22.2. The van der Waals surface area contributed by atoms with E-state index in [9.17, 15) is 33.6 Å². The number of likely N-dealkylation sites (N-methyl/N-ethyl adjacent to an activating group) is 2. The predicted octanol–water partition coefficient (Wildman–Crippen LogP) is 5.93. The Balaban J connectivity index is 0.00000553. The van der Waals surface area contributed by atoms with Crippen LogP contribution in [0.4, 0.5) is 0 Å². The highest BCUT2D eigenvalue weighted by Crippen LogP contribution is 2.33. The molecule has 8 N–H and O–H groups in total. The van der Waals surface area contributed by atoms with Crippen molar-refractivity contribution in [3.05, 3.63) is 143 Å². The van der Waals surface area contributed by atoms with Gasteiger partial charge in [-0.3, -0.25) is 38.4 Å². The third kappa shape index (κ3) is 16.9. The van der Waals surface area contributed by atoms with Gasteiger partial charge in [0, 0.05) is 36.3 Å². The van der Waals surface area contributed by atoms with Crippen LogP contribution in [-0.2, 0) is 41.6 Å². The van der Waals surface area contributed by atoms with Crippen LogP contribution in [0.1, 0.15) is 152 Å². The van der Waals surface area contributed by atoms with Crippen LogP contribution in [-0.4, -0.2) is 133 Å². The first-order valence-corrected chi connectivity index (χ1v) is 29.3. The summed E-state index contributed by atoms with van der Waals surface area (Å²) in [5.74, 6) is -2.86. The molecule has 0 bridgehead atoms. The number of nitrogens with one attached hydrogen (secondary N) is 8. The fourth-order valence-electron chi connectivity index (χ4n) is 12.1. The van der Waals surface area contributed by atoms with Crippen molar-refractivity contribution in [3.63, 3.8) is 0 Å². The van der Waals surface area contributed by atoms with Gasteiger partial charge in [-0.05, 0) is 138 Å². The van der Waals surface area contributed by atoms with E-state index in [2.05, 4.69) is 54.7 Å². The van der Waals surface area contributed by atoms with E-state index >= 15 is 4.79 Å². The Morgan fingerprint density at radius 1 is 0.506 bits per heavy atom. The number of halogens is 2. The molecule has 2 aliphatic heterocycles. The van der Waals surface area contributed by atoms with Gasteiger partial charge >= 0.3 is 0 Å². The Labute approximate surface area is 500 Å². The Morgan fingerprint density at radius 2 is 0.916 bits per heavy atom. The average molecular weight is 1180 g/mol. The Hall–Kier alpha value is -6.86. The van der Waals surface area contributed by atoms with E-state index in [4.69, 9.17) is 0 Å². The SMILES string of the molecule is CC[C@H](NC)C(=O)N[C@@H](CCCCCC[C@H](NC(=O)[C@H](C)NC)C(=O)N1C[C@@H](NC(=O)c2ccccc2)C[C@H]1C(=O)NC1CCCc2ccccc21)C(=O)N1C[C@@H](NC(=O)c2ccccc2)C[C@H]1C(=O)N[C@@H]1CCCc2ccccc21.Cl.Cl. The molecule has 2 fully saturated rings. The molecular weight excluding hydrogens is 1100 g/mol. The monoisotopic (exact) mass is 1180 g/mol. The molecule has 0 aromatic heterocycles. The lowest BCUT2D eigenvalue weighted by Gasteiger charge is -2.32. The molecule has 10 atom stereocenters. The van der Waals surface area contributed by atoms with Crippen molar-refractivity contribution >= 4 is 72.1 Å². The van der Waals surface area contributed by atoms with Crippen LogP contribution in [0.3, 0.4) is 0 Å². The molecular formula is C63H84Cl2N10O8. The van der Waals surface area contributed by atoms with E-state index in [0.717, 1.165) is 49.7 Å². The highest BCUT2D eigenvalue weighted by molar-refractivity contribution is 5.97. The smallest absolute Gasteiger partial charge is 0.251 e. The van der Waals surface area contributed by atoms with Crippen LogP contribution in [0.25, 0.3) is 0 Å². The summed E-state index contributed by atoms with van der Waals surface area (Å²) < 4.78 is 0. The maximum absolute atomic E-state index is 15.0. The minimum absolute atomic E-state index is 0. The summed E-state index contributed by atoms with van der Waals surface area (Å²) >= 11 is 0. The number of amides is 8. The zero-order valence-electron chi connectivity index (χ0n) is 48.2. The number of hydrogen-bond acceptors (Lipinski definition) is 10. The minimum Gasteiger partial charge on any atom is -0.347 e. The number of aryl methyl sites for hydroxylation is 2. The van der Waals surface area contributed by atoms with Gasteiger partial charge in [0.1, 0.15) is 24.2 Å². The molecule has 1 unspecified atom stereocenters. The van der Waals surface area contributed by atoms with Gasteiger partial charge in [0.15, 0.2) is 0 Å². The first-order chi connectivity index (χ1) is 39.3. The van der Waals surface area contributed by atoms with Crippen molar-refractivity contribution < 1.29 is 38.4 Å². The molecule has 4 aromatic carbocycles. The molecule has 0 spiro atoms. The van der Waals surface area contributed by atoms with Gasteiger partial charge in [0.25, 0.3) is 11.8 Å². The average Bonchev–Trinajstić information content (AvgIpc) is 4.08. The quantitative estimate of drug-likeness (QED) is 0.0385. The highest BCUT2D eigenvalue weighted by Gasteiger charge is 2.45. The summed E-state index contributed by atoms with van der Waals surface area (Å²) in [5.41, 5.74) is 5.37. The van der Waals surface area contributed by atoms with Crippen molar-refractivity contribution in [3.8, 4) is 0 Å². The van der Waals surface area contributed by atoms with E-state index in [1.807, 2.05) is 55.5 Å².